The van der Waals surface area contributed by atoms with Gasteiger partial charge >= 0.3 is 0 Å². The largest absolute Gasteiger partial charge is 0.399 e. The fourth-order valence-corrected chi connectivity index (χ4v) is 2.58. The molecule has 2 rings (SSSR count). The first-order valence-corrected chi connectivity index (χ1v) is 8.35. The smallest absolute Gasteiger partial charge is 0.255 e. The van der Waals surface area contributed by atoms with Gasteiger partial charge in [-0.05, 0) is 48.5 Å². The van der Waals surface area contributed by atoms with E-state index in [9.17, 15) is 4.79 Å². The van der Waals surface area contributed by atoms with Gasteiger partial charge in [-0.3, -0.25) is 4.79 Å². The van der Waals surface area contributed by atoms with Gasteiger partial charge in [0.15, 0.2) is 0 Å². The molecule has 0 heterocycles. The second-order valence-corrected chi connectivity index (χ2v) is 5.74. The van der Waals surface area contributed by atoms with Crippen LogP contribution in [-0.4, -0.2) is 30.8 Å². The van der Waals surface area contributed by atoms with E-state index in [1.807, 2.05) is 24.3 Å². The van der Waals surface area contributed by atoms with Crippen LogP contribution in [0.2, 0.25) is 0 Å². The average molecular weight is 389 g/mol. The number of nitrogens with one attached hydrogen (secondary N) is 1. The quantitative estimate of drug-likeness (QED) is 0.551. The molecule has 0 aliphatic heterocycles. The average Bonchev–Trinajstić information content (AvgIpc) is 2.56. The van der Waals surface area contributed by atoms with Crippen molar-refractivity contribution in [1.29, 1.82) is 0 Å². The van der Waals surface area contributed by atoms with Gasteiger partial charge in [-0.2, -0.15) is 0 Å². The summed E-state index contributed by atoms with van der Waals surface area (Å²) in [6, 6.07) is 14.4. The number of rotatable bonds is 7. The number of nitrogens with two attached hydrogens (primary N) is 1. The zero-order chi connectivity index (χ0) is 16.7. The third-order valence-corrected chi connectivity index (χ3v) is 3.71. The highest BCUT2D eigenvalue weighted by atomic mass is 35.5. The summed E-state index contributed by atoms with van der Waals surface area (Å²) in [7, 11) is 0. The molecule has 0 saturated carbocycles. The Bertz CT molecular complexity index is 627. The Morgan fingerprint density at radius 2 is 1.50 bits per heavy atom. The maximum Gasteiger partial charge on any atom is 0.255 e. The molecule has 1 amide bonds. The molecule has 7 heteroatoms. The molecular formula is C17H20Cl3N3O. The molecule has 3 N–H and O–H groups in total. The van der Waals surface area contributed by atoms with Gasteiger partial charge < -0.3 is 16.0 Å². The minimum atomic E-state index is -0.170. The molecule has 2 aromatic carbocycles. The first-order valence-electron chi connectivity index (χ1n) is 7.28. The summed E-state index contributed by atoms with van der Waals surface area (Å²) in [6.07, 6.45) is 0. The van der Waals surface area contributed by atoms with E-state index in [1.165, 1.54) is 0 Å². The number of anilines is 3. The maximum absolute atomic E-state index is 12.2. The number of carbonyl (C=O) groups is 1. The van der Waals surface area contributed by atoms with E-state index >= 15 is 0 Å². The van der Waals surface area contributed by atoms with Crippen LogP contribution < -0.4 is 16.0 Å². The first-order chi connectivity index (χ1) is 11.1. The molecule has 0 aliphatic carbocycles. The van der Waals surface area contributed by atoms with Gasteiger partial charge in [-0.1, -0.05) is 0 Å². The number of amides is 1. The van der Waals surface area contributed by atoms with Crippen molar-refractivity contribution in [2.24, 2.45) is 0 Å². The molecule has 0 aliphatic rings. The second kappa shape index (κ2) is 10.3. The molecule has 24 heavy (non-hydrogen) atoms. The Morgan fingerprint density at radius 3 is 2.00 bits per heavy atom. The summed E-state index contributed by atoms with van der Waals surface area (Å²) in [5.41, 5.74) is 8.57. The predicted molar refractivity (Wildman–Crippen MR) is 106 cm³/mol. The Balaban J connectivity index is 0.00000288. The Labute approximate surface area is 158 Å². The number of carbonyl (C=O) groups excluding carboxylic acids is 1. The normalized spacial score (nSPS) is 9.92. The van der Waals surface area contributed by atoms with E-state index in [0.29, 0.717) is 23.0 Å². The third-order valence-electron chi connectivity index (χ3n) is 3.37. The molecule has 0 unspecified atom stereocenters. The molecule has 0 radical (unpaired) electrons. The van der Waals surface area contributed by atoms with E-state index in [1.54, 1.807) is 24.3 Å². The molecule has 4 nitrogen and oxygen atoms in total. The monoisotopic (exact) mass is 387 g/mol. The summed E-state index contributed by atoms with van der Waals surface area (Å²) in [5, 5.41) is 2.86. The molecule has 0 saturated heterocycles. The predicted octanol–water partition coefficient (Wildman–Crippen LogP) is 4.23. The van der Waals surface area contributed by atoms with Crippen molar-refractivity contribution in [3.63, 3.8) is 0 Å². The zero-order valence-corrected chi connectivity index (χ0v) is 15.4. The summed E-state index contributed by atoms with van der Waals surface area (Å²) < 4.78 is 0. The van der Waals surface area contributed by atoms with Crippen LogP contribution >= 0.6 is 35.6 Å². The van der Waals surface area contributed by atoms with Crippen LogP contribution in [0, 0.1) is 0 Å². The molecule has 0 atom stereocenters. The van der Waals surface area contributed by atoms with Crippen LogP contribution in [0.4, 0.5) is 17.1 Å². The van der Waals surface area contributed by atoms with Crippen molar-refractivity contribution in [3.05, 3.63) is 54.1 Å². The van der Waals surface area contributed by atoms with E-state index in [2.05, 4.69) is 10.2 Å². The number of nitrogens with zero attached hydrogens (tertiary/aromatic N) is 1. The van der Waals surface area contributed by atoms with Gasteiger partial charge in [0.25, 0.3) is 5.91 Å². The third kappa shape index (κ3) is 5.78. The Morgan fingerprint density at radius 1 is 0.958 bits per heavy atom. The summed E-state index contributed by atoms with van der Waals surface area (Å²) in [6.45, 7) is 1.46. The minimum absolute atomic E-state index is 0. The van der Waals surface area contributed by atoms with Crippen molar-refractivity contribution in [2.75, 3.05) is 40.8 Å². The molecule has 0 fully saturated rings. The Kier molecular flexibility index (Phi) is 8.76. The van der Waals surface area contributed by atoms with Gasteiger partial charge in [-0.25, -0.2) is 0 Å². The van der Waals surface area contributed by atoms with Crippen molar-refractivity contribution < 1.29 is 4.79 Å². The van der Waals surface area contributed by atoms with Crippen LogP contribution in [-0.2, 0) is 0 Å². The zero-order valence-electron chi connectivity index (χ0n) is 13.0. The van der Waals surface area contributed by atoms with E-state index in [-0.39, 0.29) is 18.3 Å². The van der Waals surface area contributed by atoms with Crippen LogP contribution in [0.3, 0.4) is 0 Å². The van der Waals surface area contributed by atoms with Gasteiger partial charge in [0, 0.05) is 47.5 Å². The Hall–Kier alpha value is -1.62. The molecule has 0 spiro atoms. The van der Waals surface area contributed by atoms with Crippen molar-refractivity contribution >= 4 is 58.6 Å². The second-order valence-electron chi connectivity index (χ2n) is 4.99. The lowest BCUT2D eigenvalue weighted by Gasteiger charge is -2.23. The number of hydrogen-bond donors (Lipinski definition) is 2. The fraction of sp³-hybridized carbons (Fsp3) is 0.235. The maximum atomic E-state index is 12.2. The van der Waals surface area contributed by atoms with Crippen LogP contribution in [0.5, 0.6) is 0 Å². The molecule has 0 aromatic heterocycles. The lowest BCUT2D eigenvalue weighted by Crippen LogP contribution is -2.27. The highest BCUT2D eigenvalue weighted by molar-refractivity contribution is 6.18. The highest BCUT2D eigenvalue weighted by Gasteiger charge is 2.08. The number of halogens is 3. The van der Waals surface area contributed by atoms with Gasteiger partial charge in [-0.15, -0.1) is 35.6 Å². The molecule has 0 bridgehead atoms. The summed E-state index contributed by atoms with van der Waals surface area (Å²) in [5.74, 6) is 0.898. The summed E-state index contributed by atoms with van der Waals surface area (Å²) >= 11 is 11.6. The van der Waals surface area contributed by atoms with Crippen LogP contribution in [0.25, 0.3) is 0 Å². The van der Waals surface area contributed by atoms with Crippen LogP contribution in [0.1, 0.15) is 10.4 Å². The first kappa shape index (κ1) is 20.4. The van der Waals surface area contributed by atoms with Crippen molar-refractivity contribution in [2.45, 2.75) is 0 Å². The van der Waals surface area contributed by atoms with Crippen molar-refractivity contribution in [1.82, 2.24) is 0 Å². The van der Waals surface area contributed by atoms with E-state index in [0.717, 1.165) is 24.5 Å². The van der Waals surface area contributed by atoms with E-state index in [4.69, 9.17) is 28.9 Å². The van der Waals surface area contributed by atoms with Crippen LogP contribution in [0.15, 0.2) is 48.5 Å². The number of hydrogen-bond acceptors (Lipinski definition) is 3. The number of alkyl halides is 2. The number of benzene rings is 2. The fourth-order valence-electron chi connectivity index (χ4n) is 2.17. The molecule has 130 valence electrons. The molecule has 2 aromatic rings. The standard InChI is InChI=1S/C17H19Cl2N3O.ClH/c18-9-11-22(12-10-19)16-7-5-15(6-8-16)21-17(23)13-1-3-14(20)4-2-13;/h1-8H,9-12,20H2,(H,21,23);1H. The topological polar surface area (TPSA) is 58.4 Å². The van der Waals surface area contributed by atoms with Gasteiger partial charge in [0.05, 0.1) is 0 Å². The summed E-state index contributed by atoms with van der Waals surface area (Å²) in [4.78, 5) is 14.3. The lowest BCUT2D eigenvalue weighted by molar-refractivity contribution is 0.102. The van der Waals surface area contributed by atoms with Gasteiger partial charge in [0.1, 0.15) is 0 Å². The van der Waals surface area contributed by atoms with Crippen molar-refractivity contribution in [3.8, 4) is 0 Å². The van der Waals surface area contributed by atoms with E-state index < -0.39 is 0 Å². The number of nitrogen functional groups attached to an aromatic ring is 1. The minimum Gasteiger partial charge on any atom is -0.399 e. The highest BCUT2D eigenvalue weighted by Crippen LogP contribution is 2.19. The SMILES string of the molecule is Cl.Nc1ccc(C(=O)Nc2ccc(N(CCCl)CCCl)cc2)cc1. The van der Waals surface area contributed by atoms with Gasteiger partial charge in [0.2, 0.25) is 0 Å². The molecular weight excluding hydrogens is 369 g/mol. The lowest BCUT2D eigenvalue weighted by atomic mass is 10.2.